The molecule has 0 radical (unpaired) electrons. The molecule has 1 amide bonds. The fourth-order valence-electron chi connectivity index (χ4n) is 6.17. The topological polar surface area (TPSA) is 96.7 Å². The summed E-state index contributed by atoms with van der Waals surface area (Å²) in [6.07, 6.45) is 2.72. The molecular formula is C35H41Cl2FN4O4. The van der Waals surface area contributed by atoms with Gasteiger partial charge in [0.15, 0.2) is 12.1 Å². The minimum absolute atomic E-state index is 0.116. The summed E-state index contributed by atoms with van der Waals surface area (Å²) >= 11 is 13.0. The minimum atomic E-state index is -0.603. The highest BCUT2D eigenvalue weighted by atomic mass is 35.5. The maximum atomic E-state index is 17.0. The monoisotopic (exact) mass is 670 g/mol. The Morgan fingerprint density at radius 2 is 2.07 bits per heavy atom. The highest BCUT2D eigenvalue weighted by molar-refractivity contribution is 6.43. The molecule has 2 saturated heterocycles. The van der Waals surface area contributed by atoms with Crippen molar-refractivity contribution in [3.8, 4) is 17.2 Å². The van der Waals surface area contributed by atoms with Gasteiger partial charge in [-0.2, -0.15) is 5.26 Å². The van der Waals surface area contributed by atoms with Gasteiger partial charge in [0.2, 0.25) is 0 Å². The maximum Gasteiger partial charge on any atom is 0.410 e. The maximum absolute atomic E-state index is 17.0. The molecule has 46 heavy (non-hydrogen) atoms. The van der Waals surface area contributed by atoms with Crippen LogP contribution in [0.3, 0.4) is 0 Å². The standard InChI is InChI=1S/C35H41Cl2FN4O4/c1-20-31(21(2)45-27-13-6-7-17-44-27)41-33-25(32(20)40-23-14-16-42(19-23)34(43)46-35(3,4)5)18-22(10-9-15-39)28(30(33)38)24-11-8-12-26(36)29(24)37/h8,11-12,18,21,23,27H,6-7,9-10,13-14,16-17,19H2,1-5H3,(H,40,41). The van der Waals surface area contributed by atoms with Gasteiger partial charge in [0.1, 0.15) is 17.2 Å². The summed E-state index contributed by atoms with van der Waals surface area (Å²) in [4.78, 5) is 19.4. The fraction of sp³-hybridized carbons (Fsp3) is 0.514. The molecule has 8 nitrogen and oxygen atoms in total. The lowest BCUT2D eigenvalue weighted by molar-refractivity contribution is -0.186. The average molecular weight is 672 g/mol. The molecule has 1 N–H and O–H groups in total. The molecule has 0 aliphatic carbocycles. The lowest BCUT2D eigenvalue weighted by Gasteiger charge is -2.28. The Morgan fingerprint density at radius 3 is 2.76 bits per heavy atom. The SMILES string of the molecule is Cc1c(C(C)OC2CCCCO2)nc2c(F)c(-c3cccc(Cl)c3Cl)c(CCC#N)cc2c1NC1CCN(C(=O)OC(C)(C)C)C1. The number of anilines is 1. The van der Waals surface area contributed by atoms with Crippen LogP contribution in [0.2, 0.25) is 10.0 Å². The molecule has 0 saturated carbocycles. The molecule has 1 aromatic heterocycles. The number of nitrogens with zero attached hydrogens (tertiary/aromatic N) is 3. The van der Waals surface area contributed by atoms with E-state index in [-0.39, 0.29) is 40.9 Å². The van der Waals surface area contributed by atoms with Crippen molar-refractivity contribution in [3.63, 3.8) is 0 Å². The number of amides is 1. The van der Waals surface area contributed by atoms with Crippen LogP contribution < -0.4 is 5.32 Å². The van der Waals surface area contributed by atoms with Gasteiger partial charge in [-0.1, -0.05) is 35.3 Å². The fourth-order valence-corrected chi connectivity index (χ4v) is 6.56. The molecule has 0 spiro atoms. The third kappa shape index (κ3) is 7.52. The van der Waals surface area contributed by atoms with E-state index in [1.807, 2.05) is 40.7 Å². The Labute approximate surface area is 280 Å². The molecule has 11 heteroatoms. The van der Waals surface area contributed by atoms with Crippen LogP contribution in [0.25, 0.3) is 22.0 Å². The quantitative estimate of drug-likeness (QED) is 0.255. The molecule has 3 heterocycles. The predicted molar refractivity (Wildman–Crippen MR) is 179 cm³/mol. The first kappa shape index (κ1) is 34.2. The summed E-state index contributed by atoms with van der Waals surface area (Å²) in [6.45, 7) is 11.0. The van der Waals surface area contributed by atoms with Crippen LogP contribution in [-0.2, 0) is 20.6 Å². The first-order valence-corrected chi connectivity index (χ1v) is 16.6. The number of hydrogen-bond acceptors (Lipinski definition) is 7. The van der Waals surface area contributed by atoms with Crippen LogP contribution in [0.15, 0.2) is 24.3 Å². The number of carbonyl (C=O) groups excluding carboxylic acids is 1. The van der Waals surface area contributed by atoms with Crippen molar-refractivity contribution >= 4 is 45.9 Å². The predicted octanol–water partition coefficient (Wildman–Crippen LogP) is 9.14. The van der Waals surface area contributed by atoms with Crippen LogP contribution in [0.5, 0.6) is 0 Å². The number of pyridine rings is 1. The molecule has 246 valence electrons. The average Bonchev–Trinajstić information content (AvgIpc) is 3.48. The van der Waals surface area contributed by atoms with Gasteiger partial charge in [0.05, 0.1) is 21.8 Å². The van der Waals surface area contributed by atoms with Crippen LogP contribution in [0.4, 0.5) is 14.9 Å². The smallest absolute Gasteiger partial charge is 0.410 e. The molecule has 2 aromatic carbocycles. The van der Waals surface area contributed by atoms with Gasteiger partial charge in [-0.15, -0.1) is 0 Å². The van der Waals surface area contributed by atoms with E-state index in [0.29, 0.717) is 65.5 Å². The van der Waals surface area contributed by atoms with Crippen molar-refractivity contribution in [2.45, 2.75) is 97.2 Å². The van der Waals surface area contributed by atoms with Crippen LogP contribution in [-0.4, -0.2) is 53.6 Å². The molecule has 0 bridgehead atoms. The molecule has 3 aromatic rings. The molecule has 2 aliphatic heterocycles. The molecule has 2 fully saturated rings. The van der Waals surface area contributed by atoms with Crippen LogP contribution in [0.1, 0.15) is 82.7 Å². The first-order chi connectivity index (χ1) is 21.9. The summed E-state index contributed by atoms with van der Waals surface area (Å²) in [5.74, 6) is -0.554. The number of ether oxygens (including phenoxy) is 3. The normalized spacial score (nSPS) is 19.2. The number of benzene rings is 2. The number of aromatic nitrogens is 1. The van der Waals surface area contributed by atoms with E-state index in [0.717, 1.165) is 24.8 Å². The van der Waals surface area contributed by atoms with Crippen molar-refractivity contribution in [1.82, 2.24) is 9.88 Å². The third-order valence-electron chi connectivity index (χ3n) is 8.38. The lowest BCUT2D eigenvalue weighted by Crippen LogP contribution is -2.36. The zero-order chi connectivity index (χ0) is 33.2. The van der Waals surface area contributed by atoms with Crippen molar-refractivity contribution in [2.24, 2.45) is 0 Å². The molecule has 3 atom stereocenters. The van der Waals surface area contributed by atoms with E-state index in [1.165, 1.54) is 0 Å². The van der Waals surface area contributed by atoms with Crippen molar-refractivity contribution in [2.75, 3.05) is 25.0 Å². The summed E-state index contributed by atoms with van der Waals surface area (Å²) in [7, 11) is 0. The third-order valence-corrected chi connectivity index (χ3v) is 9.20. The number of nitrogens with one attached hydrogen (secondary N) is 1. The van der Waals surface area contributed by atoms with E-state index in [9.17, 15) is 10.1 Å². The van der Waals surface area contributed by atoms with Crippen LogP contribution >= 0.6 is 23.2 Å². The van der Waals surface area contributed by atoms with E-state index >= 15 is 4.39 Å². The van der Waals surface area contributed by atoms with Crippen molar-refractivity contribution in [3.05, 3.63) is 56.9 Å². The number of carbonyl (C=O) groups is 1. The van der Waals surface area contributed by atoms with Gasteiger partial charge in [-0.05, 0) is 90.0 Å². The van der Waals surface area contributed by atoms with E-state index in [4.69, 9.17) is 42.4 Å². The molecular weight excluding hydrogens is 630 g/mol. The Balaban J connectivity index is 1.63. The lowest BCUT2D eigenvalue weighted by atomic mass is 9.92. The van der Waals surface area contributed by atoms with E-state index in [1.54, 1.807) is 23.1 Å². The summed E-state index contributed by atoms with van der Waals surface area (Å²) in [5, 5.41) is 14.2. The second-order valence-corrected chi connectivity index (χ2v) is 13.8. The number of likely N-dealkylation sites (tertiary alicyclic amines) is 1. The van der Waals surface area contributed by atoms with E-state index in [2.05, 4.69) is 11.4 Å². The number of aryl methyl sites for hydroxylation is 1. The highest BCUT2D eigenvalue weighted by Gasteiger charge is 2.32. The number of halogens is 3. The Hall–Kier alpha value is -3.16. The molecule has 5 rings (SSSR count). The van der Waals surface area contributed by atoms with Gasteiger partial charge >= 0.3 is 6.09 Å². The first-order valence-electron chi connectivity index (χ1n) is 15.9. The zero-order valence-corrected chi connectivity index (χ0v) is 28.5. The number of hydrogen-bond donors (Lipinski definition) is 1. The van der Waals surface area contributed by atoms with Gasteiger partial charge < -0.3 is 24.4 Å². The largest absolute Gasteiger partial charge is 0.444 e. The van der Waals surface area contributed by atoms with E-state index < -0.39 is 17.5 Å². The summed E-state index contributed by atoms with van der Waals surface area (Å²) < 4.78 is 34.8. The zero-order valence-electron chi connectivity index (χ0n) is 27.0. The summed E-state index contributed by atoms with van der Waals surface area (Å²) in [5.41, 5.74) is 2.97. The minimum Gasteiger partial charge on any atom is -0.444 e. The van der Waals surface area contributed by atoms with Crippen molar-refractivity contribution < 1.29 is 23.4 Å². The molecule has 3 unspecified atom stereocenters. The van der Waals surface area contributed by atoms with Gasteiger partial charge in [0.25, 0.3) is 0 Å². The van der Waals surface area contributed by atoms with Gasteiger partial charge in [-0.25, -0.2) is 14.2 Å². The van der Waals surface area contributed by atoms with Gasteiger partial charge in [0, 0.05) is 54.4 Å². The second kappa shape index (κ2) is 14.3. The second-order valence-electron chi connectivity index (χ2n) is 13.0. The molecule has 2 aliphatic rings. The Morgan fingerprint density at radius 1 is 1.28 bits per heavy atom. The van der Waals surface area contributed by atoms with Gasteiger partial charge in [-0.3, -0.25) is 0 Å². The number of fused-ring (bicyclic) bond motifs is 1. The highest BCUT2D eigenvalue weighted by Crippen LogP contribution is 2.43. The number of nitriles is 1. The Kier molecular flexibility index (Phi) is 10.6. The van der Waals surface area contributed by atoms with Crippen molar-refractivity contribution in [1.29, 1.82) is 5.26 Å². The summed E-state index contributed by atoms with van der Waals surface area (Å²) in [6, 6.07) is 9.05. The number of rotatable bonds is 8. The Bertz CT molecular complexity index is 1650. The van der Waals surface area contributed by atoms with Crippen LogP contribution in [0, 0.1) is 24.1 Å².